The van der Waals surface area contributed by atoms with E-state index in [0.717, 1.165) is 13.0 Å². The van der Waals surface area contributed by atoms with Gasteiger partial charge in [0, 0.05) is 6.54 Å². The highest BCUT2D eigenvalue weighted by Gasteiger charge is 1.97. The molecule has 0 saturated heterocycles. The fraction of sp³-hybridized carbons (Fsp3) is 0.500. The monoisotopic (exact) mass is 188 g/mol. The summed E-state index contributed by atoms with van der Waals surface area (Å²) in [5, 5.41) is 2.90. The van der Waals surface area contributed by atoms with E-state index in [-0.39, 0.29) is 11.2 Å². The van der Waals surface area contributed by atoms with Gasteiger partial charge in [0.1, 0.15) is 0 Å². The van der Waals surface area contributed by atoms with E-state index in [2.05, 4.69) is 20.3 Å². The Morgan fingerprint density at radius 3 is 2.92 bits per heavy atom. The van der Waals surface area contributed by atoms with Gasteiger partial charge in [-0.05, 0) is 18.0 Å². The van der Waals surface area contributed by atoms with Crippen LogP contribution in [0, 0.1) is 0 Å². The molecule has 0 aromatic carbocycles. The second kappa shape index (κ2) is 4.06. The molecule has 1 aromatic rings. The Balaban J connectivity index is 2.79. The maximum absolute atomic E-state index is 10.7. The van der Waals surface area contributed by atoms with Crippen LogP contribution in [0.25, 0.3) is 0 Å². The molecule has 1 aromatic heterocycles. The second-order valence-electron chi connectivity index (χ2n) is 2.19. The van der Waals surface area contributed by atoms with Crippen molar-refractivity contribution in [1.29, 1.82) is 0 Å². The molecule has 0 unspecified atom stereocenters. The van der Waals surface area contributed by atoms with Crippen LogP contribution < -0.4 is 11.0 Å². The number of hydrogen-bond acceptors (Lipinski definition) is 4. The summed E-state index contributed by atoms with van der Waals surface area (Å²) in [6.45, 7) is 2.72. The predicted molar refractivity (Wildman–Crippen MR) is 46.4 cm³/mol. The van der Waals surface area contributed by atoms with Crippen LogP contribution in [0.2, 0.25) is 5.28 Å². The number of H-pyrrole nitrogens is 1. The zero-order chi connectivity index (χ0) is 8.97. The highest BCUT2D eigenvalue weighted by Crippen LogP contribution is 1.98. The second-order valence-corrected chi connectivity index (χ2v) is 2.55. The van der Waals surface area contributed by atoms with Gasteiger partial charge in [-0.1, -0.05) is 6.92 Å². The van der Waals surface area contributed by atoms with E-state index in [1.807, 2.05) is 6.92 Å². The average Bonchev–Trinajstić information content (AvgIpc) is 1.99. The van der Waals surface area contributed by atoms with E-state index in [1.54, 1.807) is 0 Å². The maximum atomic E-state index is 10.7. The molecule has 0 amide bonds. The minimum Gasteiger partial charge on any atom is -0.354 e. The topological polar surface area (TPSA) is 70.7 Å². The van der Waals surface area contributed by atoms with Gasteiger partial charge >= 0.3 is 5.69 Å². The van der Waals surface area contributed by atoms with Gasteiger partial charge in [-0.25, -0.2) is 4.79 Å². The third kappa shape index (κ3) is 2.50. The quantitative estimate of drug-likeness (QED) is 0.731. The fourth-order valence-corrected chi connectivity index (χ4v) is 0.835. The van der Waals surface area contributed by atoms with Crippen LogP contribution in [0.5, 0.6) is 0 Å². The van der Waals surface area contributed by atoms with Gasteiger partial charge in [-0.15, -0.1) is 0 Å². The molecule has 0 aliphatic heterocycles. The molecule has 0 radical (unpaired) electrons. The Kier molecular flexibility index (Phi) is 3.04. The van der Waals surface area contributed by atoms with E-state index in [9.17, 15) is 4.79 Å². The summed E-state index contributed by atoms with van der Waals surface area (Å²) in [5.41, 5.74) is -0.492. The number of rotatable bonds is 3. The van der Waals surface area contributed by atoms with E-state index in [4.69, 9.17) is 11.6 Å². The number of halogens is 1. The van der Waals surface area contributed by atoms with Crippen LogP contribution in [-0.4, -0.2) is 21.5 Å². The van der Waals surface area contributed by atoms with Crippen molar-refractivity contribution >= 4 is 17.5 Å². The number of anilines is 1. The van der Waals surface area contributed by atoms with Crippen LogP contribution in [0.1, 0.15) is 13.3 Å². The number of aromatic nitrogens is 3. The first kappa shape index (κ1) is 8.99. The number of aromatic amines is 1. The largest absolute Gasteiger partial charge is 0.354 e. The molecule has 5 nitrogen and oxygen atoms in total. The molecule has 0 aliphatic rings. The average molecular weight is 189 g/mol. The van der Waals surface area contributed by atoms with Crippen molar-refractivity contribution in [3.05, 3.63) is 15.8 Å². The summed E-state index contributed by atoms with van der Waals surface area (Å²) in [7, 11) is 0. The third-order valence-electron chi connectivity index (χ3n) is 1.15. The van der Waals surface area contributed by atoms with Crippen LogP contribution >= 0.6 is 11.6 Å². The van der Waals surface area contributed by atoms with Crippen molar-refractivity contribution in [2.24, 2.45) is 0 Å². The Morgan fingerprint density at radius 2 is 2.33 bits per heavy atom. The molecule has 1 heterocycles. The molecule has 0 saturated carbocycles. The first-order chi connectivity index (χ1) is 5.72. The van der Waals surface area contributed by atoms with Crippen molar-refractivity contribution in [3.8, 4) is 0 Å². The summed E-state index contributed by atoms with van der Waals surface area (Å²) >= 11 is 5.48. The van der Waals surface area contributed by atoms with Crippen molar-refractivity contribution in [2.45, 2.75) is 13.3 Å². The third-order valence-corrected chi connectivity index (χ3v) is 1.33. The molecule has 2 N–H and O–H groups in total. The van der Waals surface area contributed by atoms with E-state index in [1.165, 1.54) is 0 Å². The zero-order valence-electron chi connectivity index (χ0n) is 6.59. The summed E-state index contributed by atoms with van der Waals surface area (Å²) in [6, 6.07) is 0. The van der Waals surface area contributed by atoms with Crippen LogP contribution in [0.4, 0.5) is 5.95 Å². The molecule has 66 valence electrons. The molecular weight excluding hydrogens is 180 g/mol. The van der Waals surface area contributed by atoms with E-state index < -0.39 is 5.69 Å². The molecule has 0 bridgehead atoms. The minimum atomic E-state index is -0.492. The van der Waals surface area contributed by atoms with Crippen LogP contribution in [-0.2, 0) is 0 Å². The van der Waals surface area contributed by atoms with E-state index in [0.29, 0.717) is 0 Å². The Bertz CT molecular complexity index is 311. The van der Waals surface area contributed by atoms with Gasteiger partial charge < -0.3 is 5.32 Å². The molecule has 0 spiro atoms. The van der Waals surface area contributed by atoms with Gasteiger partial charge in [0.15, 0.2) is 0 Å². The van der Waals surface area contributed by atoms with Crippen molar-refractivity contribution in [3.63, 3.8) is 0 Å². The first-order valence-electron chi connectivity index (χ1n) is 3.60. The van der Waals surface area contributed by atoms with Gasteiger partial charge in [0.05, 0.1) is 0 Å². The lowest BCUT2D eigenvalue weighted by molar-refractivity contribution is 0.921. The van der Waals surface area contributed by atoms with E-state index >= 15 is 0 Å². The van der Waals surface area contributed by atoms with Gasteiger partial charge in [-0.2, -0.15) is 9.97 Å². The standard InChI is InChI=1S/C6H9ClN4O/c1-2-3-8-5-9-4(7)10-6(12)11-5/h2-3H2,1H3,(H2,8,9,10,11,12). The first-order valence-corrected chi connectivity index (χ1v) is 3.98. The van der Waals surface area contributed by atoms with Crippen LogP contribution in [0.3, 0.4) is 0 Å². The van der Waals surface area contributed by atoms with Gasteiger partial charge in [-0.3, -0.25) is 4.98 Å². The minimum absolute atomic E-state index is 0.0496. The molecule has 0 atom stereocenters. The molecule has 6 heteroatoms. The summed E-state index contributed by atoms with van der Waals surface area (Å²) in [5.74, 6) is 0.269. The smallest absolute Gasteiger partial charge is 0.350 e. The van der Waals surface area contributed by atoms with Gasteiger partial charge in [0.2, 0.25) is 11.2 Å². The molecule has 12 heavy (non-hydrogen) atoms. The van der Waals surface area contributed by atoms with Crippen molar-refractivity contribution in [1.82, 2.24) is 15.0 Å². The Morgan fingerprint density at radius 1 is 1.58 bits per heavy atom. The van der Waals surface area contributed by atoms with Crippen LogP contribution in [0.15, 0.2) is 4.79 Å². The fourth-order valence-electron chi connectivity index (χ4n) is 0.674. The van der Waals surface area contributed by atoms with Gasteiger partial charge in [0.25, 0.3) is 0 Å². The number of hydrogen-bond donors (Lipinski definition) is 2. The highest BCUT2D eigenvalue weighted by atomic mass is 35.5. The SMILES string of the molecule is CCCNc1nc(Cl)[nH]c(=O)n1. The molecule has 0 fully saturated rings. The number of nitrogens with zero attached hydrogens (tertiary/aromatic N) is 2. The molecule has 0 aliphatic carbocycles. The lowest BCUT2D eigenvalue weighted by Crippen LogP contribution is -2.16. The lowest BCUT2D eigenvalue weighted by atomic mass is 10.5. The van der Waals surface area contributed by atoms with Crippen molar-refractivity contribution in [2.75, 3.05) is 11.9 Å². The molecule has 1 rings (SSSR count). The maximum Gasteiger partial charge on any atom is 0.350 e. The highest BCUT2D eigenvalue weighted by molar-refractivity contribution is 6.28. The lowest BCUT2D eigenvalue weighted by Gasteiger charge is -2.00. The normalized spacial score (nSPS) is 9.83. The van der Waals surface area contributed by atoms with Crippen molar-refractivity contribution < 1.29 is 0 Å². The predicted octanol–water partition coefficient (Wildman–Crippen LogP) is 0.640. The Labute approximate surface area is 74.2 Å². The zero-order valence-corrected chi connectivity index (χ0v) is 7.35. The molecular formula is C6H9ClN4O. The number of nitrogens with one attached hydrogen (secondary N) is 2. The summed E-state index contributed by atoms with van der Waals surface area (Å²) in [6.07, 6.45) is 0.938. The summed E-state index contributed by atoms with van der Waals surface area (Å²) < 4.78 is 0. The Hall–Kier alpha value is -1.10. The summed E-state index contributed by atoms with van der Waals surface area (Å²) in [4.78, 5) is 20.3.